The molecule has 53 heavy (non-hydrogen) atoms. The third-order valence-corrected chi connectivity index (χ3v) is 10.4. The number of halogens is 7. The minimum Gasteiger partial charge on any atom is -0.496 e. The molecule has 17 heteroatoms. The van der Waals surface area contributed by atoms with Crippen molar-refractivity contribution >= 4 is 34.8 Å². The van der Waals surface area contributed by atoms with Crippen molar-refractivity contribution in [3.8, 4) is 5.75 Å². The van der Waals surface area contributed by atoms with Gasteiger partial charge >= 0.3 is 12.4 Å². The van der Waals surface area contributed by atoms with Gasteiger partial charge < -0.3 is 24.0 Å². The van der Waals surface area contributed by atoms with E-state index in [0.717, 1.165) is 35.7 Å². The SMILES string of the molecule is COCCN(CCOC)CC[C@@H]1[C@H](C(=O)N2CCc3ccc(Cl)cc3C2)CCCN1C(=O)c1cnccc1C(F)(F)F.COc1csc(C(F)(F)F)c1. The van der Waals surface area contributed by atoms with Gasteiger partial charge in [0.25, 0.3) is 5.91 Å². The lowest BCUT2D eigenvalue weighted by Gasteiger charge is -2.44. The summed E-state index contributed by atoms with van der Waals surface area (Å²) in [6.45, 7) is 3.91. The number of amides is 2. The number of alkyl halides is 6. The quantitative estimate of drug-likeness (QED) is 0.178. The molecule has 2 aliphatic heterocycles. The second-order valence-corrected chi connectivity index (χ2v) is 14.0. The predicted molar refractivity (Wildman–Crippen MR) is 188 cm³/mol. The molecular formula is C36H43ClF6N4O5S. The highest BCUT2D eigenvalue weighted by atomic mass is 35.5. The van der Waals surface area contributed by atoms with Crippen LogP contribution in [-0.2, 0) is 39.6 Å². The van der Waals surface area contributed by atoms with E-state index in [1.807, 2.05) is 18.2 Å². The minimum absolute atomic E-state index is 0.0920. The van der Waals surface area contributed by atoms with E-state index in [2.05, 4.69) is 14.6 Å². The molecule has 1 saturated heterocycles. The molecule has 2 aliphatic rings. The Morgan fingerprint density at radius 3 is 2.28 bits per heavy atom. The average Bonchev–Trinajstić information content (AvgIpc) is 3.64. The molecule has 0 spiro atoms. The van der Waals surface area contributed by atoms with Crippen LogP contribution >= 0.6 is 22.9 Å². The Morgan fingerprint density at radius 2 is 1.68 bits per heavy atom. The zero-order valence-corrected chi connectivity index (χ0v) is 31.2. The van der Waals surface area contributed by atoms with E-state index < -0.39 is 46.2 Å². The first-order valence-corrected chi connectivity index (χ1v) is 18.2. The Balaban J connectivity index is 0.000000488. The number of carbonyl (C=O) groups is 2. The lowest BCUT2D eigenvalue weighted by atomic mass is 9.84. The number of fused-ring (bicyclic) bond motifs is 1. The van der Waals surface area contributed by atoms with Crippen molar-refractivity contribution in [3.63, 3.8) is 0 Å². The second kappa shape index (κ2) is 19.2. The molecule has 0 bridgehead atoms. The Kier molecular flexibility index (Phi) is 15.4. The molecule has 0 radical (unpaired) electrons. The molecule has 0 unspecified atom stereocenters. The van der Waals surface area contributed by atoms with E-state index in [9.17, 15) is 35.9 Å². The normalized spacial score (nSPS) is 17.6. The molecule has 2 amide bonds. The van der Waals surface area contributed by atoms with Crippen LogP contribution in [0.5, 0.6) is 5.75 Å². The predicted octanol–water partition coefficient (Wildman–Crippen LogP) is 7.32. The molecule has 4 heterocycles. The molecule has 5 rings (SSSR count). The maximum absolute atomic E-state index is 14.1. The minimum atomic E-state index is -4.71. The summed E-state index contributed by atoms with van der Waals surface area (Å²) in [4.78, 5) is 36.5. The first-order valence-electron chi connectivity index (χ1n) is 17.0. The summed E-state index contributed by atoms with van der Waals surface area (Å²) in [5.74, 6) is -1.15. The maximum atomic E-state index is 14.1. The van der Waals surface area contributed by atoms with Crippen LogP contribution in [-0.4, -0.2) is 105 Å². The standard InChI is InChI=1S/C30H38ClF3N4O4.C6H5F3OS/c1-41-16-14-36(15-17-42-2)12-9-27-24(28(39)37-13-8-21-5-6-23(31)18-22(21)20-37)4-3-11-38(27)29(40)25-19-35-10-7-26(25)30(32,33)34;1-10-4-2-5(11-3-4)6(7,8)9/h5-7,10,18-19,24,27H,3-4,8-9,11-17,20H2,1-2H3;2-3H,1H3/t24-,27-;/m1./s1. The summed E-state index contributed by atoms with van der Waals surface area (Å²) in [6, 6.07) is 6.89. The van der Waals surface area contributed by atoms with Crippen molar-refractivity contribution in [2.24, 2.45) is 5.92 Å². The largest absolute Gasteiger partial charge is 0.496 e. The van der Waals surface area contributed by atoms with Gasteiger partial charge in [0.2, 0.25) is 5.91 Å². The molecule has 9 nitrogen and oxygen atoms in total. The number of piperidine rings is 1. The number of thiophene rings is 1. The third kappa shape index (κ3) is 11.5. The summed E-state index contributed by atoms with van der Waals surface area (Å²) in [5, 5.41) is 1.92. The van der Waals surface area contributed by atoms with Gasteiger partial charge in [-0.25, -0.2) is 0 Å². The molecule has 292 valence electrons. The number of hydrogen-bond acceptors (Lipinski definition) is 8. The van der Waals surface area contributed by atoms with Gasteiger partial charge in [-0.05, 0) is 55.0 Å². The molecule has 0 aliphatic carbocycles. The van der Waals surface area contributed by atoms with Crippen molar-refractivity contribution < 1.29 is 50.1 Å². The number of ether oxygens (including phenoxy) is 3. The van der Waals surface area contributed by atoms with Crippen molar-refractivity contribution in [2.45, 2.75) is 50.6 Å². The molecular weight excluding hydrogens is 750 g/mol. The van der Waals surface area contributed by atoms with Gasteiger partial charge in [0, 0.05) is 88.4 Å². The maximum Gasteiger partial charge on any atom is 0.425 e. The van der Waals surface area contributed by atoms with Crippen molar-refractivity contribution in [1.29, 1.82) is 0 Å². The summed E-state index contributed by atoms with van der Waals surface area (Å²) in [7, 11) is 4.56. The van der Waals surface area contributed by atoms with E-state index in [4.69, 9.17) is 21.1 Å². The molecule has 2 atom stereocenters. The van der Waals surface area contributed by atoms with Crippen LogP contribution < -0.4 is 4.74 Å². The Morgan fingerprint density at radius 1 is 0.962 bits per heavy atom. The Labute approximate surface area is 313 Å². The van der Waals surface area contributed by atoms with Crippen LogP contribution in [0.25, 0.3) is 0 Å². The van der Waals surface area contributed by atoms with Gasteiger partial charge in [-0.1, -0.05) is 17.7 Å². The number of rotatable bonds is 12. The second-order valence-electron chi connectivity index (χ2n) is 12.6. The smallest absolute Gasteiger partial charge is 0.425 e. The van der Waals surface area contributed by atoms with E-state index >= 15 is 0 Å². The lowest BCUT2D eigenvalue weighted by molar-refractivity contribution is -0.141. The number of aromatic nitrogens is 1. The molecule has 0 N–H and O–H groups in total. The number of carbonyl (C=O) groups excluding carboxylic acids is 2. The first kappa shape index (κ1) is 42.3. The van der Waals surface area contributed by atoms with Crippen LogP contribution in [0, 0.1) is 5.92 Å². The van der Waals surface area contributed by atoms with Crippen LogP contribution in [0.15, 0.2) is 48.1 Å². The van der Waals surface area contributed by atoms with Crippen LogP contribution in [0.4, 0.5) is 26.3 Å². The van der Waals surface area contributed by atoms with E-state index in [0.29, 0.717) is 88.0 Å². The summed E-state index contributed by atoms with van der Waals surface area (Å²) < 4.78 is 92.4. The Hall–Kier alpha value is -3.44. The van der Waals surface area contributed by atoms with Crippen molar-refractivity contribution in [1.82, 2.24) is 19.7 Å². The number of hydrogen-bond donors (Lipinski definition) is 0. The van der Waals surface area contributed by atoms with Gasteiger partial charge in [0.1, 0.15) is 10.6 Å². The highest BCUT2D eigenvalue weighted by Crippen LogP contribution is 2.37. The third-order valence-electron chi connectivity index (χ3n) is 9.26. The number of methoxy groups -OCH3 is 3. The van der Waals surface area contributed by atoms with E-state index in [-0.39, 0.29) is 18.2 Å². The fourth-order valence-corrected chi connectivity index (χ4v) is 7.45. The summed E-state index contributed by atoms with van der Waals surface area (Å²) in [5.41, 5.74) is 0.600. The zero-order chi connectivity index (χ0) is 38.8. The van der Waals surface area contributed by atoms with Crippen LogP contribution in [0.1, 0.15) is 51.2 Å². The van der Waals surface area contributed by atoms with Gasteiger partial charge in [-0.3, -0.25) is 19.5 Å². The van der Waals surface area contributed by atoms with E-state index in [1.54, 1.807) is 19.1 Å². The van der Waals surface area contributed by atoms with Gasteiger partial charge in [0.05, 0.1) is 37.4 Å². The number of likely N-dealkylation sites (tertiary alicyclic amines) is 1. The highest BCUT2D eigenvalue weighted by Gasteiger charge is 2.43. The summed E-state index contributed by atoms with van der Waals surface area (Å²) in [6.07, 6.45) is -4.81. The zero-order valence-electron chi connectivity index (χ0n) is 29.6. The van der Waals surface area contributed by atoms with Crippen molar-refractivity contribution in [2.75, 3.05) is 67.3 Å². The fourth-order valence-electron chi connectivity index (χ4n) is 6.53. The molecule has 1 aromatic carbocycles. The average molecular weight is 793 g/mol. The molecule has 3 aromatic rings. The topological polar surface area (TPSA) is 84.4 Å². The van der Waals surface area contributed by atoms with Gasteiger partial charge in [-0.15, -0.1) is 11.3 Å². The molecule has 0 saturated carbocycles. The highest BCUT2D eigenvalue weighted by molar-refractivity contribution is 7.10. The van der Waals surface area contributed by atoms with Crippen LogP contribution in [0.2, 0.25) is 5.02 Å². The van der Waals surface area contributed by atoms with Gasteiger partial charge in [-0.2, -0.15) is 26.3 Å². The van der Waals surface area contributed by atoms with Gasteiger partial charge in [0.15, 0.2) is 0 Å². The number of benzene rings is 1. The monoisotopic (exact) mass is 792 g/mol. The first-order chi connectivity index (χ1) is 25.2. The van der Waals surface area contributed by atoms with Crippen LogP contribution in [0.3, 0.4) is 0 Å². The van der Waals surface area contributed by atoms with Crippen molar-refractivity contribution in [3.05, 3.63) is 80.3 Å². The number of pyridine rings is 1. The molecule has 1 fully saturated rings. The fraction of sp³-hybridized carbons (Fsp3) is 0.528. The Bertz CT molecular complexity index is 1650. The van der Waals surface area contributed by atoms with E-state index in [1.165, 1.54) is 17.4 Å². The number of nitrogens with zero attached hydrogens (tertiary/aromatic N) is 4. The lowest BCUT2D eigenvalue weighted by Crippen LogP contribution is -2.55. The summed E-state index contributed by atoms with van der Waals surface area (Å²) >= 11 is 6.85. The molecule has 2 aromatic heterocycles.